The summed E-state index contributed by atoms with van der Waals surface area (Å²) in [6.45, 7) is 1.93. The monoisotopic (exact) mass is 184 g/mol. The molecule has 0 aromatic rings. The molecule has 0 radical (unpaired) electrons. The maximum Gasteiger partial charge on any atom is 0.308 e. The van der Waals surface area contributed by atoms with E-state index < -0.39 is 0 Å². The van der Waals surface area contributed by atoms with Crippen LogP contribution in [0.5, 0.6) is 0 Å². The van der Waals surface area contributed by atoms with Crippen molar-refractivity contribution in [3.63, 3.8) is 0 Å². The molecule has 0 spiro atoms. The van der Waals surface area contributed by atoms with E-state index in [9.17, 15) is 9.90 Å². The molecule has 3 unspecified atom stereocenters. The van der Waals surface area contributed by atoms with E-state index in [4.69, 9.17) is 4.74 Å². The second-order valence-corrected chi connectivity index (χ2v) is 4.34. The van der Waals surface area contributed by atoms with Crippen molar-refractivity contribution in [3.8, 4) is 0 Å². The van der Waals surface area contributed by atoms with E-state index in [1.54, 1.807) is 0 Å². The molecule has 0 aliphatic heterocycles. The number of carbonyl (C=O) groups excluding carboxylic acids is 1. The smallest absolute Gasteiger partial charge is 0.308 e. The van der Waals surface area contributed by atoms with Crippen LogP contribution in [-0.4, -0.2) is 24.3 Å². The Labute approximate surface area is 78.1 Å². The molecule has 0 bridgehead atoms. The molecule has 2 rings (SSSR count). The van der Waals surface area contributed by atoms with Gasteiger partial charge in [0, 0.05) is 0 Å². The first-order valence-electron chi connectivity index (χ1n) is 4.91. The first kappa shape index (κ1) is 9.00. The zero-order valence-corrected chi connectivity index (χ0v) is 8.06. The molecule has 1 N–H and O–H groups in total. The molecule has 3 heteroatoms. The van der Waals surface area contributed by atoms with Crippen LogP contribution < -0.4 is 0 Å². The average Bonchev–Trinajstić information content (AvgIpc) is 2.62. The minimum atomic E-state index is -0.115. The van der Waals surface area contributed by atoms with E-state index in [0.717, 1.165) is 12.8 Å². The maximum atomic E-state index is 11.2. The normalized spacial score (nSPS) is 43.9. The molecular formula is C10H16O3. The molecule has 0 aromatic carbocycles. The number of rotatable bonds is 2. The molecule has 2 saturated carbocycles. The highest BCUT2D eigenvalue weighted by Crippen LogP contribution is 2.60. The molecular weight excluding hydrogens is 168 g/mol. The van der Waals surface area contributed by atoms with E-state index in [2.05, 4.69) is 0 Å². The van der Waals surface area contributed by atoms with Gasteiger partial charge in [-0.05, 0) is 30.6 Å². The van der Waals surface area contributed by atoms with Crippen molar-refractivity contribution in [2.45, 2.75) is 25.9 Å². The summed E-state index contributed by atoms with van der Waals surface area (Å²) in [6, 6.07) is 0. The Hall–Kier alpha value is -0.570. The largest absolute Gasteiger partial charge is 0.469 e. The highest BCUT2D eigenvalue weighted by atomic mass is 16.5. The number of carbonyl (C=O) groups is 1. The van der Waals surface area contributed by atoms with E-state index in [0.29, 0.717) is 17.8 Å². The van der Waals surface area contributed by atoms with Crippen LogP contribution in [0.25, 0.3) is 0 Å². The predicted molar refractivity (Wildman–Crippen MR) is 46.9 cm³/mol. The first-order valence-corrected chi connectivity index (χ1v) is 4.91. The molecule has 2 aliphatic rings. The van der Waals surface area contributed by atoms with Gasteiger partial charge < -0.3 is 9.84 Å². The second kappa shape index (κ2) is 2.98. The predicted octanol–water partition coefficient (Wildman–Crippen LogP) is 0.812. The van der Waals surface area contributed by atoms with Crippen LogP contribution in [-0.2, 0) is 9.53 Å². The van der Waals surface area contributed by atoms with Crippen molar-refractivity contribution >= 4 is 5.97 Å². The van der Waals surface area contributed by atoms with Crippen molar-refractivity contribution in [2.75, 3.05) is 7.11 Å². The van der Waals surface area contributed by atoms with E-state index in [1.165, 1.54) is 7.11 Å². The van der Waals surface area contributed by atoms with Crippen LogP contribution in [0.15, 0.2) is 0 Å². The number of hydrogen-bond acceptors (Lipinski definition) is 3. The van der Waals surface area contributed by atoms with Crippen LogP contribution in [0.3, 0.4) is 0 Å². The van der Waals surface area contributed by atoms with Gasteiger partial charge in [0.15, 0.2) is 0 Å². The SMILES string of the molecule is COC(=O)C(C)C1[C@H]2CC(O)C[C@@H]12. The number of aliphatic hydroxyl groups is 1. The van der Waals surface area contributed by atoms with Crippen LogP contribution in [0.1, 0.15) is 19.8 Å². The zero-order valence-electron chi connectivity index (χ0n) is 8.06. The topological polar surface area (TPSA) is 46.5 Å². The summed E-state index contributed by atoms with van der Waals surface area (Å²) in [6.07, 6.45) is 1.66. The summed E-state index contributed by atoms with van der Waals surface area (Å²) >= 11 is 0. The average molecular weight is 184 g/mol. The van der Waals surface area contributed by atoms with Gasteiger partial charge >= 0.3 is 5.97 Å². The molecule has 2 fully saturated rings. The van der Waals surface area contributed by atoms with Gasteiger partial charge in [-0.15, -0.1) is 0 Å². The van der Waals surface area contributed by atoms with Crippen LogP contribution >= 0.6 is 0 Å². The van der Waals surface area contributed by atoms with Gasteiger partial charge in [-0.2, -0.15) is 0 Å². The summed E-state index contributed by atoms with van der Waals surface area (Å²) in [5.41, 5.74) is 0. The third-order valence-corrected chi connectivity index (χ3v) is 3.64. The summed E-state index contributed by atoms with van der Waals surface area (Å²) in [7, 11) is 1.44. The van der Waals surface area contributed by atoms with Crippen LogP contribution in [0, 0.1) is 23.7 Å². The van der Waals surface area contributed by atoms with E-state index in [1.807, 2.05) is 6.92 Å². The molecule has 0 aromatic heterocycles. The number of fused-ring (bicyclic) bond motifs is 1. The van der Waals surface area contributed by atoms with Crippen molar-refractivity contribution in [1.29, 1.82) is 0 Å². The van der Waals surface area contributed by atoms with Gasteiger partial charge in [0.1, 0.15) is 0 Å². The molecule has 0 amide bonds. The summed E-state index contributed by atoms with van der Waals surface area (Å²) in [5.74, 6) is 1.57. The quantitative estimate of drug-likeness (QED) is 0.646. The third kappa shape index (κ3) is 1.35. The summed E-state index contributed by atoms with van der Waals surface area (Å²) in [5, 5.41) is 9.31. The number of hydrogen-bond donors (Lipinski definition) is 1. The van der Waals surface area contributed by atoms with Gasteiger partial charge in [0.2, 0.25) is 0 Å². The lowest BCUT2D eigenvalue weighted by Crippen LogP contribution is -2.19. The van der Waals surface area contributed by atoms with Gasteiger partial charge in [0.05, 0.1) is 19.1 Å². The van der Waals surface area contributed by atoms with Gasteiger partial charge in [-0.25, -0.2) is 0 Å². The van der Waals surface area contributed by atoms with Crippen molar-refractivity contribution < 1.29 is 14.6 Å². The standard InChI is InChI=1S/C10H16O3/c1-5(10(12)13-2)9-7-3-6(11)4-8(7)9/h5-9,11H,3-4H2,1-2H3/t5?,6?,7-,8+,9?. The lowest BCUT2D eigenvalue weighted by Gasteiger charge is -2.12. The van der Waals surface area contributed by atoms with Gasteiger partial charge in [-0.1, -0.05) is 6.92 Å². The second-order valence-electron chi connectivity index (χ2n) is 4.34. The Morgan fingerprint density at radius 2 is 2.00 bits per heavy atom. The van der Waals surface area contributed by atoms with Gasteiger partial charge in [-0.3, -0.25) is 4.79 Å². The highest BCUT2D eigenvalue weighted by Gasteiger charge is 2.59. The van der Waals surface area contributed by atoms with Gasteiger partial charge in [0.25, 0.3) is 0 Å². The molecule has 13 heavy (non-hydrogen) atoms. The molecule has 0 saturated heterocycles. The van der Waals surface area contributed by atoms with Crippen molar-refractivity contribution in [1.82, 2.24) is 0 Å². The lowest BCUT2D eigenvalue weighted by molar-refractivity contribution is -0.146. The minimum absolute atomic E-state index is 0.0208. The Bertz CT molecular complexity index is 214. The molecule has 74 valence electrons. The fourth-order valence-electron chi connectivity index (χ4n) is 2.95. The number of esters is 1. The van der Waals surface area contributed by atoms with Crippen LogP contribution in [0.2, 0.25) is 0 Å². The Kier molecular flexibility index (Phi) is 2.06. The molecule has 2 aliphatic carbocycles. The number of aliphatic hydroxyl groups excluding tert-OH is 1. The summed E-state index contributed by atoms with van der Waals surface area (Å²) in [4.78, 5) is 11.2. The Morgan fingerprint density at radius 3 is 2.46 bits per heavy atom. The third-order valence-electron chi connectivity index (χ3n) is 3.64. The number of ether oxygens (including phenoxy) is 1. The van der Waals surface area contributed by atoms with Crippen molar-refractivity contribution in [2.24, 2.45) is 23.7 Å². The lowest BCUT2D eigenvalue weighted by atomic mass is 9.98. The zero-order chi connectivity index (χ0) is 9.59. The Morgan fingerprint density at radius 1 is 1.46 bits per heavy atom. The van der Waals surface area contributed by atoms with E-state index >= 15 is 0 Å². The maximum absolute atomic E-state index is 11.2. The van der Waals surface area contributed by atoms with Crippen molar-refractivity contribution in [3.05, 3.63) is 0 Å². The number of methoxy groups -OCH3 is 1. The molecule has 3 nitrogen and oxygen atoms in total. The molecule has 5 atom stereocenters. The molecule has 0 heterocycles. The first-order chi connectivity index (χ1) is 6.15. The summed E-state index contributed by atoms with van der Waals surface area (Å²) < 4.78 is 4.70. The fourth-order valence-corrected chi connectivity index (χ4v) is 2.95. The minimum Gasteiger partial charge on any atom is -0.469 e. The van der Waals surface area contributed by atoms with Crippen LogP contribution in [0.4, 0.5) is 0 Å². The van der Waals surface area contributed by atoms with E-state index in [-0.39, 0.29) is 18.0 Å². The Balaban J connectivity index is 1.90. The highest BCUT2D eigenvalue weighted by molar-refractivity contribution is 5.72. The fraction of sp³-hybridized carbons (Fsp3) is 0.900.